The third kappa shape index (κ3) is 6.48. The SMILES string of the molecule is CCOCC(=O)N[C@@H]1CN(c2cc(OC)cc(Oc3ccc(C(F)(F)F)nc3)c2)C[C@@H]1OC. The highest BCUT2D eigenvalue weighted by atomic mass is 19.4. The van der Waals surface area contributed by atoms with Crippen LogP contribution in [-0.2, 0) is 20.4 Å². The summed E-state index contributed by atoms with van der Waals surface area (Å²) in [4.78, 5) is 17.5. The molecule has 1 aromatic heterocycles. The molecule has 1 aliphatic heterocycles. The largest absolute Gasteiger partial charge is 0.497 e. The maximum atomic E-state index is 12.7. The van der Waals surface area contributed by atoms with E-state index in [1.807, 2.05) is 11.8 Å². The van der Waals surface area contributed by atoms with Gasteiger partial charge in [-0.15, -0.1) is 0 Å². The number of halogens is 3. The number of rotatable bonds is 9. The molecule has 2 aromatic rings. The van der Waals surface area contributed by atoms with Gasteiger partial charge < -0.3 is 29.2 Å². The van der Waals surface area contributed by atoms with Crippen LogP contribution in [-0.4, -0.2) is 63.6 Å². The highest BCUT2D eigenvalue weighted by molar-refractivity contribution is 5.77. The van der Waals surface area contributed by atoms with Gasteiger partial charge in [0.2, 0.25) is 5.91 Å². The minimum atomic E-state index is -4.52. The summed E-state index contributed by atoms with van der Waals surface area (Å²) in [5.41, 5.74) is -0.255. The summed E-state index contributed by atoms with van der Waals surface area (Å²) in [5, 5.41) is 2.92. The molecule has 1 aromatic carbocycles. The van der Waals surface area contributed by atoms with Crippen LogP contribution < -0.4 is 19.7 Å². The molecule has 180 valence electrons. The lowest BCUT2D eigenvalue weighted by Crippen LogP contribution is -2.45. The van der Waals surface area contributed by atoms with Crippen LogP contribution in [0.25, 0.3) is 0 Å². The smallest absolute Gasteiger partial charge is 0.433 e. The van der Waals surface area contributed by atoms with Crippen molar-refractivity contribution in [3.8, 4) is 17.2 Å². The first kappa shape index (κ1) is 24.6. The molecule has 1 aliphatic rings. The van der Waals surface area contributed by atoms with E-state index in [0.29, 0.717) is 31.2 Å². The molecule has 1 amide bonds. The molecule has 0 saturated carbocycles. The van der Waals surface area contributed by atoms with Gasteiger partial charge in [0.1, 0.15) is 29.5 Å². The normalized spacial score (nSPS) is 18.3. The molecule has 1 saturated heterocycles. The monoisotopic (exact) mass is 469 g/mol. The Labute approximate surface area is 189 Å². The Bertz CT molecular complexity index is 940. The number of benzene rings is 1. The highest BCUT2D eigenvalue weighted by Crippen LogP contribution is 2.34. The van der Waals surface area contributed by atoms with Crippen LogP contribution in [0.5, 0.6) is 17.2 Å². The van der Waals surface area contributed by atoms with Crippen LogP contribution in [0.15, 0.2) is 36.5 Å². The van der Waals surface area contributed by atoms with Gasteiger partial charge in [-0.05, 0) is 19.1 Å². The predicted octanol–water partition coefficient (Wildman–Crippen LogP) is 3.26. The quantitative estimate of drug-likeness (QED) is 0.604. The Kier molecular flexibility index (Phi) is 7.98. The maximum Gasteiger partial charge on any atom is 0.433 e. The first-order valence-corrected chi connectivity index (χ1v) is 10.3. The van der Waals surface area contributed by atoms with E-state index in [2.05, 4.69) is 10.3 Å². The van der Waals surface area contributed by atoms with Crippen molar-refractivity contribution in [2.24, 2.45) is 0 Å². The summed E-state index contributed by atoms with van der Waals surface area (Å²) in [6.45, 7) is 3.21. The molecule has 1 N–H and O–H groups in total. The average molecular weight is 469 g/mol. The van der Waals surface area contributed by atoms with E-state index < -0.39 is 11.9 Å². The fraction of sp³-hybridized carbons (Fsp3) is 0.455. The van der Waals surface area contributed by atoms with Crippen molar-refractivity contribution in [2.45, 2.75) is 25.2 Å². The van der Waals surface area contributed by atoms with Crippen molar-refractivity contribution < 1.29 is 36.9 Å². The number of pyridine rings is 1. The first-order chi connectivity index (χ1) is 15.7. The van der Waals surface area contributed by atoms with Crippen molar-refractivity contribution in [3.05, 3.63) is 42.2 Å². The van der Waals surface area contributed by atoms with Crippen LogP contribution in [0.4, 0.5) is 18.9 Å². The molecule has 8 nitrogen and oxygen atoms in total. The molecule has 3 rings (SSSR count). The Balaban J connectivity index is 1.75. The molecule has 0 spiro atoms. The molecule has 1 fully saturated rings. The highest BCUT2D eigenvalue weighted by Gasteiger charge is 2.35. The zero-order chi connectivity index (χ0) is 24.0. The van der Waals surface area contributed by atoms with Crippen LogP contribution in [0.1, 0.15) is 12.6 Å². The second-order valence-electron chi connectivity index (χ2n) is 7.34. The molecular weight excluding hydrogens is 443 g/mol. The number of aromatic nitrogens is 1. The van der Waals surface area contributed by atoms with Gasteiger partial charge in [-0.25, -0.2) is 4.98 Å². The number of amides is 1. The molecule has 0 radical (unpaired) electrons. The molecule has 11 heteroatoms. The van der Waals surface area contributed by atoms with Gasteiger partial charge in [-0.3, -0.25) is 4.79 Å². The Hall–Kier alpha value is -3.05. The van der Waals surface area contributed by atoms with Crippen LogP contribution >= 0.6 is 0 Å². The van der Waals surface area contributed by atoms with E-state index in [1.54, 1.807) is 25.3 Å². The Morgan fingerprint density at radius 3 is 2.52 bits per heavy atom. The number of anilines is 1. The summed E-state index contributed by atoms with van der Waals surface area (Å²) >= 11 is 0. The lowest BCUT2D eigenvalue weighted by molar-refractivity contribution is -0.141. The second kappa shape index (κ2) is 10.7. The molecule has 0 aliphatic carbocycles. The third-order valence-corrected chi connectivity index (χ3v) is 5.08. The fourth-order valence-corrected chi connectivity index (χ4v) is 3.47. The van der Waals surface area contributed by atoms with Crippen LogP contribution in [0.2, 0.25) is 0 Å². The number of carbonyl (C=O) groups excluding carboxylic acids is 1. The minimum absolute atomic E-state index is 0.0260. The minimum Gasteiger partial charge on any atom is -0.497 e. The molecule has 0 bridgehead atoms. The molecule has 2 heterocycles. The summed E-state index contributed by atoms with van der Waals surface area (Å²) in [7, 11) is 3.08. The summed E-state index contributed by atoms with van der Waals surface area (Å²) < 4.78 is 60.0. The molecular formula is C22H26F3N3O5. The van der Waals surface area contributed by atoms with Gasteiger partial charge in [-0.1, -0.05) is 0 Å². The topological polar surface area (TPSA) is 82.2 Å². The van der Waals surface area contributed by atoms with Gasteiger partial charge in [0.05, 0.1) is 25.5 Å². The lowest BCUT2D eigenvalue weighted by Gasteiger charge is -2.20. The number of methoxy groups -OCH3 is 2. The van der Waals surface area contributed by atoms with Crippen molar-refractivity contribution in [2.75, 3.05) is 45.4 Å². The summed E-state index contributed by atoms with van der Waals surface area (Å²) in [6, 6.07) is 6.96. The van der Waals surface area contributed by atoms with Crippen molar-refractivity contribution >= 4 is 11.6 Å². The lowest BCUT2D eigenvalue weighted by atomic mass is 10.2. The van der Waals surface area contributed by atoms with E-state index in [9.17, 15) is 18.0 Å². The summed E-state index contributed by atoms with van der Waals surface area (Å²) in [6.07, 6.45) is -3.75. The van der Waals surface area contributed by atoms with Crippen molar-refractivity contribution in [1.82, 2.24) is 10.3 Å². The average Bonchev–Trinajstić information content (AvgIpc) is 3.20. The van der Waals surface area contributed by atoms with E-state index in [-0.39, 0.29) is 30.4 Å². The van der Waals surface area contributed by atoms with Gasteiger partial charge in [-0.2, -0.15) is 13.2 Å². The predicted molar refractivity (Wildman–Crippen MR) is 114 cm³/mol. The van der Waals surface area contributed by atoms with E-state index in [1.165, 1.54) is 13.2 Å². The number of carbonyl (C=O) groups is 1. The maximum absolute atomic E-state index is 12.7. The number of ether oxygens (including phenoxy) is 4. The number of nitrogens with zero attached hydrogens (tertiary/aromatic N) is 2. The zero-order valence-electron chi connectivity index (χ0n) is 18.5. The van der Waals surface area contributed by atoms with Crippen LogP contribution in [0, 0.1) is 0 Å². The number of nitrogens with one attached hydrogen (secondary N) is 1. The van der Waals surface area contributed by atoms with E-state index >= 15 is 0 Å². The van der Waals surface area contributed by atoms with E-state index in [4.69, 9.17) is 18.9 Å². The van der Waals surface area contributed by atoms with Gasteiger partial charge in [0.15, 0.2) is 0 Å². The third-order valence-electron chi connectivity index (χ3n) is 5.08. The van der Waals surface area contributed by atoms with E-state index in [0.717, 1.165) is 18.0 Å². The number of hydrogen-bond acceptors (Lipinski definition) is 7. The van der Waals surface area contributed by atoms with Crippen molar-refractivity contribution in [1.29, 1.82) is 0 Å². The Morgan fingerprint density at radius 1 is 1.15 bits per heavy atom. The Morgan fingerprint density at radius 2 is 1.91 bits per heavy atom. The number of alkyl halides is 3. The van der Waals surface area contributed by atoms with Gasteiger partial charge in [0.25, 0.3) is 0 Å². The molecule has 2 atom stereocenters. The standard InChI is InChI=1S/C22H26F3N3O5/c1-4-32-13-21(29)27-18-11-28(12-19(18)31-3)14-7-16(30-2)9-17(8-14)33-15-5-6-20(26-10-15)22(23,24)25/h5-10,18-19H,4,11-13H2,1-3H3,(H,27,29)/t18-,19+/m1/s1. The number of hydrogen-bond donors (Lipinski definition) is 1. The van der Waals surface area contributed by atoms with Gasteiger partial charge >= 0.3 is 6.18 Å². The summed E-state index contributed by atoms with van der Waals surface area (Å²) in [5.74, 6) is 0.790. The molecule has 33 heavy (non-hydrogen) atoms. The first-order valence-electron chi connectivity index (χ1n) is 10.3. The van der Waals surface area contributed by atoms with Gasteiger partial charge in [0, 0.05) is 50.7 Å². The molecule has 0 unspecified atom stereocenters. The second-order valence-corrected chi connectivity index (χ2v) is 7.34. The van der Waals surface area contributed by atoms with Crippen molar-refractivity contribution in [3.63, 3.8) is 0 Å². The van der Waals surface area contributed by atoms with Crippen LogP contribution in [0.3, 0.4) is 0 Å². The fourth-order valence-electron chi connectivity index (χ4n) is 3.47. The zero-order valence-corrected chi connectivity index (χ0v) is 18.5.